The van der Waals surface area contributed by atoms with Gasteiger partial charge in [0.1, 0.15) is 0 Å². The molecule has 0 bridgehead atoms. The zero-order chi connectivity index (χ0) is 18.6. The molecule has 1 heterocycles. The van der Waals surface area contributed by atoms with Crippen molar-refractivity contribution in [1.29, 1.82) is 0 Å². The van der Waals surface area contributed by atoms with Crippen molar-refractivity contribution in [2.75, 3.05) is 13.7 Å². The van der Waals surface area contributed by atoms with Gasteiger partial charge in [-0.15, -0.1) is 0 Å². The molecule has 0 saturated heterocycles. The minimum atomic E-state index is -0.0568. The third-order valence-electron chi connectivity index (χ3n) is 3.90. The molecule has 0 spiro atoms. The van der Waals surface area contributed by atoms with E-state index in [1.807, 2.05) is 44.5 Å². The summed E-state index contributed by atoms with van der Waals surface area (Å²) in [6.07, 6.45) is 3.34. The van der Waals surface area contributed by atoms with Crippen LogP contribution in [0.5, 0.6) is 11.5 Å². The number of hydrogen-bond donors (Lipinski definition) is 0. The molecule has 1 aromatic carbocycles. The van der Waals surface area contributed by atoms with Crippen molar-refractivity contribution in [3.05, 3.63) is 45.2 Å². The molecule has 0 aliphatic heterocycles. The quantitative estimate of drug-likeness (QED) is 0.498. The molecule has 25 heavy (non-hydrogen) atoms. The van der Waals surface area contributed by atoms with Crippen molar-refractivity contribution in [2.24, 2.45) is 0 Å². The van der Waals surface area contributed by atoms with Crippen molar-refractivity contribution < 1.29 is 14.3 Å². The van der Waals surface area contributed by atoms with E-state index in [2.05, 4.69) is 21.0 Å². The molecule has 0 saturated carbocycles. The molecule has 134 valence electrons. The number of aryl methyl sites for hydroxylation is 2. The van der Waals surface area contributed by atoms with Crippen LogP contribution in [0.25, 0.3) is 6.08 Å². The van der Waals surface area contributed by atoms with Crippen molar-refractivity contribution >= 4 is 27.8 Å². The van der Waals surface area contributed by atoms with E-state index in [9.17, 15) is 4.79 Å². The molecular weight excluding hydrogens is 384 g/mol. The highest BCUT2D eigenvalue weighted by atomic mass is 79.9. The van der Waals surface area contributed by atoms with Crippen LogP contribution < -0.4 is 9.47 Å². The minimum absolute atomic E-state index is 0.0568. The molecule has 2 rings (SSSR count). The summed E-state index contributed by atoms with van der Waals surface area (Å²) >= 11 is 3.49. The molecule has 2 aromatic rings. The summed E-state index contributed by atoms with van der Waals surface area (Å²) in [5, 5.41) is 4.40. The van der Waals surface area contributed by atoms with Gasteiger partial charge in [0.05, 0.1) is 29.4 Å². The first-order valence-electron chi connectivity index (χ1n) is 8.19. The van der Waals surface area contributed by atoms with Crippen LogP contribution in [0.15, 0.2) is 22.7 Å². The van der Waals surface area contributed by atoms with E-state index in [-0.39, 0.29) is 5.78 Å². The Kier molecular flexibility index (Phi) is 6.42. The molecule has 0 amide bonds. The predicted octanol–water partition coefficient (Wildman–Crippen LogP) is 4.59. The number of benzene rings is 1. The highest BCUT2D eigenvalue weighted by molar-refractivity contribution is 9.10. The fourth-order valence-corrected chi connectivity index (χ4v) is 3.31. The lowest BCUT2D eigenvalue weighted by atomic mass is 10.1. The number of carbonyl (C=O) groups is 1. The number of halogens is 1. The number of nitrogens with zero attached hydrogens (tertiary/aromatic N) is 2. The Hall–Kier alpha value is -2.08. The summed E-state index contributed by atoms with van der Waals surface area (Å²) in [4.78, 5) is 12.6. The van der Waals surface area contributed by atoms with Crippen LogP contribution in [0, 0.1) is 13.8 Å². The first-order chi connectivity index (χ1) is 11.9. The number of methoxy groups -OCH3 is 1. The second-order valence-electron chi connectivity index (χ2n) is 5.53. The normalized spacial score (nSPS) is 11.1. The average Bonchev–Trinajstić information content (AvgIpc) is 2.88. The molecule has 0 radical (unpaired) electrons. The number of hydrogen-bond acceptors (Lipinski definition) is 4. The molecule has 0 aliphatic carbocycles. The summed E-state index contributed by atoms with van der Waals surface area (Å²) in [6.45, 7) is 8.99. The van der Waals surface area contributed by atoms with E-state index in [4.69, 9.17) is 9.47 Å². The van der Waals surface area contributed by atoms with Crippen LogP contribution in [0.2, 0.25) is 0 Å². The third-order valence-corrected chi connectivity index (χ3v) is 4.48. The Morgan fingerprint density at radius 2 is 2.04 bits per heavy atom. The second-order valence-corrected chi connectivity index (χ2v) is 6.38. The van der Waals surface area contributed by atoms with E-state index in [0.29, 0.717) is 23.7 Å². The number of aromatic nitrogens is 2. The molecule has 6 heteroatoms. The maximum absolute atomic E-state index is 12.6. The first kappa shape index (κ1) is 19.2. The zero-order valence-corrected chi connectivity index (χ0v) is 16.8. The van der Waals surface area contributed by atoms with Gasteiger partial charge in [-0.3, -0.25) is 9.48 Å². The minimum Gasteiger partial charge on any atom is -0.493 e. The number of ether oxygens (including phenoxy) is 2. The average molecular weight is 407 g/mol. The molecule has 5 nitrogen and oxygen atoms in total. The van der Waals surface area contributed by atoms with Gasteiger partial charge in [0.2, 0.25) is 0 Å². The molecule has 0 unspecified atom stereocenters. The van der Waals surface area contributed by atoms with Gasteiger partial charge in [-0.2, -0.15) is 5.10 Å². The smallest absolute Gasteiger partial charge is 0.189 e. The fourth-order valence-electron chi connectivity index (χ4n) is 2.74. The second kappa shape index (κ2) is 8.34. The van der Waals surface area contributed by atoms with Crippen LogP contribution in [0.1, 0.15) is 41.2 Å². The SMILES string of the molecule is CCOc1c(Br)cc(C=CC(=O)c2c(C)nn(CC)c2C)cc1OC. The highest BCUT2D eigenvalue weighted by Gasteiger charge is 2.16. The predicted molar refractivity (Wildman–Crippen MR) is 103 cm³/mol. The lowest BCUT2D eigenvalue weighted by Gasteiger charge is -2.12. The Morgan fingerprint density at radius 3 is 2.60 bits per heavy atom. The third kappa shape index (κ3) is 4.12. The van der Waals surface area contributed by atoms with Crippen molar-refractivity contribution in [3.63, 3.8) is 0 Å². The van der Waals surface area contributed by atoms with Crippen molar-refractivity contribution in [3.8, 4) is 11.5 Å². The van der Waals surface area contributed by atoms with Crippen LogP contribution >= 0.6 is 15.9 Å². The van der Waals surface area contributed by atoms with Gasteiger partial charge >= 0.3 is 0 Å². The summed E-state index contributed by atoms with van der Waals surface area (Å²) in [5.74, 6) is 1.22. The summed E-state index contributed by atoms with van der Waals surface area (Å²) < 4.78 is 13.6. The van der Waals surface area contributed by atoms with Gasteiger partial charge in [0, 0.05) is 12.2 Å². The lowest BCUT2D eigenvalue weighted by molar-refractivity contribution is 0.104. The monoisotopic (exact) mass is 406 g/mol. The summed E-state index contributed by atoms with van der Waals surface area (Å²) in [6, 6.07) is 3.74. The van der Waals surface area contributed by atoms with E-state index in [0.717, 1.165) is 28.0 Å². The number of carbonyl (C=O) groups excluding carboxylic acids is 1. The van der Waals surface area contributed by atoms with Gasteiger partial charge in [0.25, 0.3) is 0 Å². The Labute approximate surface area is 156 Å². The van der Waals surface area contributed by atoms with E-state index < -0.39 is 0 Å². The molecule has 0 fully saturated rings. The van der Waals surface area contributed by atoms with Gasteiger partial charge in [-0.1, -0.05) is 6.08 Å². The number of allylic oxidation sites excluding steroid dienone is 1. The zero-order valence-electron chi connectivity index (χ0n) is 15.2. The number of ketones is 1. The van der Waals surface area contributed by atoms with E-state index >= 15 is 0 Å². The maximum Gasteiger partial charge on any atom is 0.189 e. The van der Waals surface area contributed by atoms with Gasteiger partial charge in [-0.25, -0.2) is 0 Å². The molecule has 1 aromatic heterocycles. The Bertz CT molecular complexity index is 809. The van der Waals surface area contributed by atoms with Gasteiger partial charge in [0.15, 0.2) is 17.3 Å². The van der Waals surface area contributed by atoms with Crippen LogP contribution in [-0.2, 0) is 6.54 Å². The highest BCUT2D eigenvalue weighted by Crippen LogP contribution is 2.37. The van der Waals surface area contributed by atoms with Crippen LogP contribution in [-0.4, -0.2) is 29.3 Å². The van der Waals surface area contributed by atoms with Crippen molar-refractivity contribution in [2.45, 2.75) is 34.2 Å². The van der Waals surface area contributed by atoms with Gasteiger partial charge < -0.3 is 9.47 Å². The molecule has 0 N–H and O–H groups in total. The van der Waals surface area contributed by atoms with Crippen LogP contribution in [0.4, 0.5) is 0 Å². The van der Waals surface area contributed by atoms with Crippen molar-refractivity contribution in [1.82, 2.24) is 9.78 Å². The Morgan fingerprint density at radius 1 is 1.32 bits per heavy atom. The van der Waals surface area contributed by atoms with E-state index in [1.165, 1.54) is 0 Å². The van der Waals surface area contributed by atoms with Gasteiger partial charge in [-0.05, 0) is 67.4 Å². The van der Waals surface area contributed by atoms with E-state index in [1.54, 1.807) is 19.3 Å². The summed E-state index contributed by atoms with van der Waals surface area (Å²) in [5.41, 5.74) is 3.15. The fraction of sp³-hybridized carbons (Fsp3) is 0.368. The summed E-state index contributed by atoms with van der Waals surface area (Å²) in [7, 11) is 1.59. The first-order valence-corrected chi connectivity index (χ1v) is 8.98. The molecular formula is C19H23BrN2O3. The van der Waals surface area contributed by atoms with Crippen LogP contribution in [0.3, 0.4) is 0 Å². The molecule has 0 atom stereocenters. The Balaban J connectivity index is 2.32. The maximum atomic E-state index is 12.6. The largest absolute Gasteiger partial charge is 0.493 e. The molecule has 0 aliphatic rings. The topological polar surface area (TPSA) is 53.3 Å². The lowest BCUT2D eigenvalue weighted by Crippen LogP contribution is -2.02. The number of rotatable bonds is 7. The standard InChI is InChI=1S/C19H23BrN2O3/c1-6-22-13(4)18(12(3)21-22)16(23)9-8-14-10-15(20)19(25-7-2)17(11-14)24-5/h8-11H,6-7H2,1-5H3.